The average molecular weight is 236 g/mol. The van der Waals surface area contributed by atoms with E-state index >= 15 is 0 Å². The lowest BCUT2D eigenvalue weighted by Gasteiger charge is -2.29. The molecule has 17 heavy (non-hydrogen) atoms. The smallest absolute Gasteiger partial charge is 0.0535 e. The molecule has 1 aromatic heterocycles. The van der Waals surface area contributed by atoms with Crippen LogP contribution in [0.4, 0.5) is 0 Å². The number of nitrogens with zero attached hydrogens (tertiary/aromatic N) is 2. The van der Waals surface area contributed by atoms with Crippen molar-refractivity contribution in [2.75, 3.05) is 19.6 Å². The molecule has 1 aliphatic rings. The molecule has 0 spiro atoms. The van der Waals surface area contributed by atoms with Crippen LogP contribution in [0.25, 0.3) is 0 Å². The topological polar surface area (TPSA) is 44.0 Å². The maximum Gasteiger partial charge on any atom is 0.0535 e. The second-order valence-electron chi connectivity index (χ2n) is 5.16. The van der Waals surface area contributed by atoms with Gasteiger partial charge in [0, 0.05) is 30.4 Å². The predicted octanol–water partition coefficient (Wildman–Crippen LogP) is 1.68. The number of H-pyrrole nitrogens is 1. The maximum absolute atomic E-state index is 4.04. The number of nitrogens with one attached hydrogen (secondary N) is 2. The van der Waals surface area contributed by atoms with Crippen LogP contribution in [-0.4, -0.2) is 40.8 Å². The van der Waals surface area contributed by atoms with E-state index in [1.54, 1.807) is 0 Å². The van der Waals surface area contributed by atoms with Crippen LogP contribution in [0.1, 0.15) is 37.4 Å². The fraction of sp³-hybridized carbons (Fsp3) is 0.769. The van der Waals surface area contributed by atoms with Gasteiger partial charge in [-0.05, 0) is 39.8 Å². The van der Waals surface area contributed by atoms with Gasteiger partial charge in [0.15, 0.2) is 0 Å². The van der Waals surface area contributed by atoms with Crippen molar-refractivity contribution in [2.24, 2.45) is 0 Å². The van der Waals surface area contributed by atoms with Crippen molar-refractivity contribution in [3.05, 3.63) is 17.5 Å². The van der Waals surface area contributed by atoms with Gasteiger partial charge >= 0.3 is 0 Å². The van der Waals surface area contributed by atoms with Gasteiger partial charge < -0.3 is 10.2 Å². The molecule has 2 heterocycles. The third-order valence-electron chi connectivity index (χ3n) is 3.56. The van der Waals surface area contributed by atoms with Gasteiger partial charge in [-0.25, -0.2) is 0 Å². The van der Waals surface area contributed by atoms with Crippen molar-refractivity contribution in [3.8, 4) is 0 Å². The number of piperidine rings is 1. The summed E-state index contributed by atoms with van der Waals surface area (Å²) in [7, 11) is 0. The normalized spacial score (nSPS) is 19.4. The molecule has 1 saturated heterocycles. The summed E-state index contributed by atoms with van der Waals surface area (Å²) in [6.45, 7) is 8.96. The zero-order valence-corrected chi connectivity index (χ0v) is 11.0. The number of rotatable bonds is 5. The predicted molar refractivity (Wildman–Crippen MR) is 69.9 cm³/mol. The molecule has 4 nitrogen and oxygen atoms in total. The van der Waals surface area contributed by atoms with Crippen LogP contribution in [0.15, 0.2) is 6.20 Å². The zero-order valence-electron chi connectivity index (χ0n) is 11.0. The summed E-state index contributed by atoms with van der Waals surface area (Å²) in [5.74, 6) is 0. The maximum atomic E-state index is 4.04. The fourth-order valence-electron chi connectivity index (χ4n) is 2.43. The Balaban J connectivity index is 1.70. The minimum atomic E-state index is 0.544. The van der Waals surface area contributed by atoms with Gasteiger partial charge in [-0.15, -0.1) is 0 Å². The summed E-state index contributed by atoms with van der Waals surface area (Å²) < 4.78 is 0. The molecule has 1 aromatic rings. The highest BCUT2D eigenvalue weighted by Gasteiger charge is 2.13. The van der Waals surface area contributed by atoms with Crippen LogP contribution in [-0.2, 0) is 6.54 Å². The molecule has 0 aliphatic carbocycles. The van der Waals surface area contributed by atoms with E-state index < -0.39 is 0 Å². The Kier molecular flexibility index (Phi) is 4.57. The Morgan fingerprint density at radius 3 is 2.82 bits per heavy atom. The van der Waals surface area contributed by atoms with E-state index in [0.29, 0.717) is 6.04 Å². The molecule has 2 N–H and O–H groups in total. The Morgan fingerprint density at radius 2 is 2.18 bits per heavy atom. The van der Waals surface area contributed by atoms with Crippen molar-refractivity contribution in [3.63, 3.8) is 0 Å². The van der Waals surface area contributed by atoms with Gasteiger partial charge in [0.1, 0.15) is 0 Å². The van der Waals surface area contributed by atoms with Gasteiger partial charge in [0.25, 0.3) is 0 Å². The second-order valence-corrected chi connectivity index (χ2v) is 5.16. The summed E-state index contributed by atoms with van der Waals surface area (Å²) in [6, 6.07) is 0.544. The zero-order chi connectivity index (χ0) is 12.1. The van der Waals surface area contributed by atoms with E-state index in [9.17, 15) is 0 Å². The number of hydrogen-bond acceptors (Lipinski definition) is 3. The van der Waals surface area contributed by atoms with Gasteiger partial charge in [0.05, 0.1) is 6.20 Å². The summed E-state index contributed by atoms with van der Waals surface area (Å²) in [6.07, 6.45) is 6.06. The lowest BCUT2D eigenvalue weighted by Crippen LogP contribution is -2.41. The van der Waals surface area contributed by atoms with Crippen LogP contribution in [0.2, 0.25) is 0 Å². The molecule has 96 valence electrons. The van der Waals surface area contributed by atoms with Gasteiger partial charge in [-0.1, -0.05) is 6.42 Å². The average Bonchev–Trinajstić information content (AvgIpc) is 2.74. The van der Waals surface area contributed by atoms with Crippen LogP contribution in [0.3, 0.4) is 0 Å². The van der Waals surface area contributed by atoms with E-state index in [0.717, 1.165) is 13.1 Å². The quantitative estimate of drug-likeness (QED) is 0.817. The largest absolute Gasteiger partial charge is 0.309 e. The van der Waals surface area contributed by atoms with Crippen LogP contribution < -0.4 is 5.32 Å². The summed E-state index contributed by atoms with van der Waals surface area (Å²) >= 11 is 0. The Labute approximate surface area is 104 Å². The van der Waals surface area contributed by atoms with E-state index in [2.05, 4.69) is 34.3 Å². The number of aryl methyl sites for hydroxylation is 1. The van der Waals surface area contributed by atoms with Crippen molar-refractivity contribution in [1.29, 1.82) is 0 Å². The van der Waals surface area contributed by atoms with Crippen LogP contribution in [0, 0.1) is 6.92 Å². The highest BCUT2D eigenvalue weighted by atomic mass is 15.2. The van der Waals surface area contributed by atoms with E-state index in [4.69, 9.17) is 0 Å². The van der Waals surface area contributed by atoms with Crippen molar-refractivity contribution >= 4 is 0 Å². The monoisotopic (exact) mass is 236 g/mol. The Hall–Kier alpha value is -0.870. The first-order valence-corrected chi connectivity index (χ1v) is 6.70. The van der Waals surface area contributed by atoms with E-state index in [1.165, 1.54) is 43.6 Å². The second kappa shape index (κ2) is 6.17. The molecule has 1 aliphatic heterocycles. The molecular weight excluding hydrogens is 212 g/mol. The molecule has 4 heteroatoms. The first-order chi connectivity index (χ1) is 8.25. The summed E-state index contributed by atoms with van der Waals surface area (Å²) in [5.41, 5.74) is 2.44. The van der Waals surface area contributed by atoms with Crippen molar-refractivity contribution < 1.29 is 0 Å². The molecule has 1 fully saturated rings. The van der Waals surface area contributed by atoms with Crippen LogP contribution >= 0.6 is 0 Å². The fourth-order valence-corrected chi connectivity index (χ4v) is 2.43. The van der Waals surface area contributed by atoms with Gasteiger partial charge in [0.2, 0.25) is 0 Å². The number of aromatic amines is 1. The molecule has 0 radical (unpaired) electrons. The lowest BCUT2D eigenvalue weighted by molar-refractivity contribution is 0.209. The van der Waals surface area contributed by atoms with Crippen LogP contribution in [0.5, 0.6) is 0 Å². The summed E-state index contributed by atoms with van der Waals surface area (Å²) in [4.78, 5) is 2.57. The molecule has 0 aromatic carbocycles. The lowest BCUT2D eigenvalue weighted by atomic mass is 10.1. The highest BCUT2D eigenvalue weighted by molar-refractivity contribution is 5.13. The first-order valence-electron chi connectivity index (χ1n) is 6.70. The molecule has 0 bridgehead atoms. The molecule has 0 amide bonds. The molecular formula is C13H24N4. The highest BCUT2D eigenvalue weighted by Crippen LogP contribution is 2.09. The summed E-state index contributed by atoms with van der Waals surface area (Å²) in [5, 5.41) is 10.6. The third kappa shape index (κ3) is 3.82. The molecule has 1 unspecified atom stereocenters. The first kappa shape index (κ1) is 12.6. The van der Waals surface area contributed by atoms with E-state index in [-0.39, 0.29) is 0 Å². The van der Waals surface area contributed by atoms with E-state index in [1.807, 2.05) is 6.20 Å². The Bertz CT molecular complexity index is 328. The molecule has 1 atom stereocenters. The van der Waals surface area contributed by atoms with Gasteiger partial charge in [-0.2, -0.15) is 5.10 Å². The SMILES string of the molecule is Cc1[nH]ncc1CNC(C)CN1CCCCC1. The van der Waals surface area contributed by atoms with Crippen molar-refractivity contribution in [1.82, 2.24) is 20.4 Å². The van der Waals surface area contributed by atoms with Crippen molar-refractivity contribution in [2.45, 2.75) is 45.7 Å². The minimum Gasteiger partial charge on any atom is -0.309 e. The third-order valence-corrected chi connectivity index (χ3v) is 3.56. The number of likely N-dealkylation sites (tertiary alicyclic amines) is 1. The minimum absolute atomic E-state index is 0.544. The standard InChI is InChI=1S/C13H24N4/c1-11(10-17-6-4-3-5-7-17)14-8-13-9-15-16-12(13)2/h9,11,14H,3-8,10H2,1-2H3,(H,15,16). The number of aromatic nitrogens is 2. The molecule has 0 saturated carbocycles. The molecule has 2 rings (SSSR count). The number of hydrogen-bond donors (Lipinski definition) is 2. The Morgan fingerprint density at radius 1 is 1.41 bits per heavy atom. The van der Waals surface area contributed by atoms with Gasteiger partial charge in [-0.3, -0.25) is 5.10 Å².